The number of hydrogen-bond donors (Lipinski definition) is 1. The summed E-state index contributed by atoms with van der Waals surface area (Å²) in [5, 5.41) is 3.47. The van der Waals surface area contributed by atoms with Crippen molar-refractivity contribution in [1.82, 2.24) is 15.1 Å². The number of aliphatic imine (C=N–C) groups is 1. The van der Waals surface area contributed by atoms with E-state index in [4.69, 9.17) is 0 Å². The van der Waals surface area contributed by atoms with Crippen molar-refractivity contribution in [3.8, 4) is 0 Å². The standard InChI is InChI=1S/C19H30N4OS.HI/c1-19(2)14-23(11-12-25-19)18(20-3)21-10-9-15-7-6-8-16(13-15)17(24)22(4)5;/h6-8,13H,9-12,14H2,1-5H3,(H,20,21);1H. The zero-order valence-corrected chi connectivity index (χ0v) is 19.6. The third-order valence-corrected chi connectivity index (χ3v) is 5.51. The third-order valence-electron chi connectivity index (χ3n) is 4.21. The van der Waals surface area contributed by atoms with Crippen molar-refractivity contribution in [2.24, 2.45) is 4.99 Å². The first-order chi connectivity index (χ1) is 11.8. The molecular formula is C19H31IN4OS. The molecular weight excluding hydrogens is 459 g/mol. The summed E-state index contributed by atoms with van der Waals surface area (Å²) < 4.78 is 0.261. The minimum atomic E-state index is 0. The van der Waals surface area contributed by atoms with Crippen LogP contribution >= 0.6 is 35.7 Å². The van der Waals surface area contributed by atoms with E-state index in [1.807, 2.05) is 37.0 Å². The Morgan fingerprint density at radius 2 is 2.12 bits per heavy atom. The fourth-order valence-electron chi connectivity index (χ4n) is 2.97. The second kappa shape index (κ2) is 10.4. The molecule has 0 spiro atoms. The number of carbonyl (C=O) groups is 1. The average molecular weight is 490 g/mol. The summed E-state index contributed by atoms with van der Waals surface area (Å²) in [6.45, 7) is 7.40. The van der Waals surface area contributed by atoms with Crippen LogP contribution in [-0.2, 0) is 6.42 Å². The van der Waals surface area contributed by atoms with Crippen molar-refractivity contribution in [2.75, 3.05) is 46.5 Å². The molecule has 5 nitrogen and oxygen atoms in total. The SMILES string of the molecule is CN=C(NCCc1cccc(C(=O)N(C)C)c1)N1CCSC(C)(C)C1.I. The van der Waals surface area contributed by atoms with Crippen LogP contribution in [0.3, 0.4) is 0 Å². The van der Waals surface area contributed by atoms with Crippen LogP contribution in [-0.4, -0.2) is 72.9 Å². The molecule has 1 amide bonds. The van der Waals surface area contributed by atoms with Gasteiger partial charge in [-0.2, -0.15) is 11.8 Å². The van der Waals surface area contributed by atoms with E-state index >= 15 is 0 Å². The lowest BCUT2D eigenvalue weighted by atomic mass is 10.1. The molecule has 0 bridgehead atoms. The van der Waals surface area contributed by atoms with E-state index in [1.165, 1.54) is 0 Å². The maximum atomic E-state index is 12.1. The lowest BCUT2D eigenvalue weighted by Crippen LogP contribution is -2.51. The van der Waals surface area contributed by atoms with Gasteiger partial charge in [-0.15, -0.1) is 24.0 Å². The first kappa shape index (κ1) is 23.1. The number of carbonyl (C=O) groups excluding carboxylic acids is 1. The van der Waals surface area contributed by atoms with Gasteiger partial charge < -0.3 is 15.1 Å². The van der Waals surface area contributed by atoms with Crippen molar-refractivity contribution in [3.05, 3.63) is 35.4 Å². The summed E-state index contributed by atoms with van der Waals surface area (Å²) in [7, 11) is 5.39. The van der Waals surface area contributed by atoms with Crippen molar-refractivity contribution < 1.29 is 4.79 Å². The fraction of sp³-hybridized carbons (Fsp3) is 0.579. The molecule has 1 aliphatic rings. The Labute approximate surface area is 179 Å². The highest BCUT2D eigenvalue weighted by molar-refractivity contribution is 14.0. The van der Waals surface area contributed by atoms with Gasteiger partial charge in [0.25, 0.3) is 5.91 Å². The normalized spacial score (nSPS) is 16.7. The van der Waals surface area contributed by atoms with Gasteiger partial charge in [0.05, 0.1) is 0 Å². The zero-order valence-electron chi connectivity index (χ0n) is 16.4. The lowest BCUT2D eigenvalue weighted by molar-refractivity contribution is 0.0827. The molecule has 26 heavy (non-hydrogen) atoms. The Morgan fingerprint density at radius 3 is 2.73 bits per heavy atom. The Kier molecular flexibility index (Phi) is 9.23. The molecule has 7 heteroatoms. The van der Waals surface area contributed by atoms with E-state index < -0.39 is 0 Å². The first-order valence-electron chi connectivity index (χ1n) is 8.72. The molecule has 1 aromatic rings. The van der Waals surface area contributed by atoms with Gasteiger partial charge in [-0.05, 0) is 38.0 Å². The molecule has 2 rings (SSSR count). The smallest absolute Gasteiger partial charge is 0.253 e. The number of nitrogens with zero attached hydrogens (tertiary/aromatic N) is 3. The first-order valence-corrected chi connectivity index (χ1v) is 9.71. The van der Waals surface area contributed by atoms with Crippen LogP contribution in [0.25, 0.3) is 0 Å². The van der Waals surface area contributed by atoms with E-state index in [0.29, 0.717) is 0 Å². The van der Waals surface area contributed by atoms with E-state index in [1.54, 1.807) is 19.0 Å². The third kappa shape index (κ3) is 6.64. The van der Waals surface area contributed by atoms with E-state index in [-0.39, 0.29) is 34.6 Å². The number of nitrogens with one attached hydrogen (secondary N) is 1. The molecule has 1 fully saturated rings. The summed E-state index contributed by atoms with van der Waals surface area (Å²) in [6, 6.07) is 7.86. The van der Waals surface area contributed by atoms with Gasteiger partial charge in [-0.25, -0.2) is 0 Å². The predicted octanol–water partition coefficient (Wildman–Crippen LogP) is 2.95. The van der Waals surface area contributed by atoms with Crippen LogP contribution in [0.2, 0.25) is 0 Å². The number of hydrogen-bond acceptors (Lipinski definition) is 3. The monoisotopic (exact) mass is 490 g/mol. The Bertz CT molecular complexity index is 634. The molecule has 0 radical (unpaired) electrons. The molecule has 0 unspecified atom stereocenters. The van der Waals surface area contributed by atoms with Crippen molar-refractivity contribution in [3.63, 3.8) is 0 Å². The van der Waals surface area contributed by atoms with E-state index in [0.717, 1.165) is 48.9 Å². The van der Waals surface area contributed by atoms with Crippen molar-refractivity contribution in [2.45, 2.75) is 25.0 Å². The topological polar surface area (TPSA) is 47.9 Å². The number of halogens is 1. The number of amides is 1. The van der Waals surface area contributed by atoms with Gasteiger partial charge in [0.2, 0.25) is 0 Å². The molecule has 0 aromatic heterocycles. The number of thioether (sulfide) groups is 1. The highest BCUT2D eigenvalue weighted by Gasteiger charge is 2.28. The molecule has 0 aliphatic carbocycles. The van der Waals surface area contributed by atoms with Crippen LogP contribution in [0.1, 0.15) is 29.8 Å². The molecule has 1 heterocycles. The van der Waals surface area contributed by atoms with Crippen LogP contribution in [0.4, 0.5) is 0 Å². The average Bonchev–Trinajstić information content (AvgIpc) is 2.57. The molecule has 146 valence electrons. The molecule has 1 N–H and O–H groups in total. The van der Waals surface area contributed by atoms with Gasteiger partial charge in [0.15, 0.2) is 5.96 Å². The van der Waals surface area contributed by atoms with E-state index in [2.05, 4.69) is 35.1 Å². The van der Waals surface area contributed by atoms with E-state index in [9.17, 15) is 4.79 Å². The van der Waals surface area contributed by atoms with Crippen LogP contribution < -0.4 is 5.32 Å². The maximum Gasteiger partial charge on any atom is 0.253 e. The van der Waals surface area contributed by atoms with Crippen molar-refractivity contribution >= 4 is 47.6 Å². The molecule has 1 aromatic carbocycles. The van der Waals surface area contributed by atoms with Gasteiger partial charge >= 0.3 is 0 Å². The Balaban J connectivity index is 0.00000338. The minimum Gasteiger partial charge on any atom is -0.356 e. The summed E-state index contributed by atoms with van der Waals surface area (Å²) in [4.78, 5) is 20.5. The maximum absolute atomic E-state index is 12.1. The van der Waals surface area contributed by atoms with Crippen LogP contribution in [0.15, 0.2) is 29.3 Å². The van der Waals surface area contributed by atoms with Gasteiger partial charge in [-0.3, -0.25) is 9.79 Å². The summed E-state index contributed by atoms with van der Waals surface area (Å²) in [6.07, 6.45) is 0.861. The van der Waals surface area contributed by atoms with Crippen LogP contribution in [0, 0.1) is 0 Å². The summed E-state index contributed by atoms with van der Waals surface area (Å²) in [5.41, 5.74) is 1.90. The number of guanidine groups is 1. The minimum absolute atomic E-state index is 0. The fourth-order valence-corrected chi connectivity index (χ4v) is 4.08. The van der Waals surface area contributed by atoms with Crippen molar-refractivity contribution in [1.29, 1.82) is 0 Å². The van der Waals surface area contributed by atoms with Gasteiger partial charge in [0, 0.05) is 56.8 Å². The second-order valence-electron chi connectivity index (χ2n) is 7.15. The van der Waals surface area contributed by atoms with Crippen LogP contribution in [0.5, 0.6) is 0 Å². The molecule has 1 aliphatic heterocycles. The molecule has 1 saturated heterocycles. The summed E-state index contributed by atoms with van der Waals surface area (Å²) in [5.74, 6) is 2.13. The van der Waals surface area contributed by atoms with Gasteiger partial charge in [0.1, 0.15) is 0 Å². The second-order valence-corrected chi connectivity index (χ2v) is 8.96. The van der Waals surface area contributed by atoms with Gasteiger partial charge in [-0.1, -0.05) is 12.1 Å². The quantitative estimate of drug-likeness (QED) is 0.401. The molecule has 0 saturated carbocycles. The Hall–Kier alpha value is -0.960. The lowest BCUT2D eigenvalue weighted by Gasteiger charge is -2.39. The predicted molar refractivity (Wildman–Crippen MR) is 123 cm³/mol. The number of rotatable bonds is 4. The largest absolute Gasteiger partial charge is 0.356 e. The number of benzene rings is 1. The Morgan fingerprint density at radius 1 is 1.38 bits per heavy atom. The highest BCUT2D eigenvalue weighted by atomic mass is 127. The summed E-state index contributed by atoms with van der Waals surface area (Å²) >= 11 is 2.02. The highest BCUT2D eigenvalue weighted by Crippen LogP contribution is 2.29. The zero-order chi connectivity index (χ0) is 18.4. The molecule has 0 atom stereocenters.